The quantitative estimate of drug-likeness (QED) is 0.728. The first-order chi connectivity index (χ1) is 15.6. The molecular weight excluding hydrogens is 409 g/mol. The predicted octanol–water partition coefficient (Wildman–Crippen LogP) is 3.42. The van der Waals surface area contributed by atoms with Crippen LogP contribution in [0.2, 0.25) is 0 Å². The average molecular weight is 440 g/mol. The lowest BCUT2D eigenvalue weighted by Crippen LogP contribution is -2.58. The molecule has 1 atom stereocenters. The lowest BCUT2D eigenvalue weighted by atomic mass is 9.78. The van der Waals surface area contributed by atoms with Crippen LogP contribution in [0.4, 0.5) is 15.0 Å². The second kappa shape index (κ2) is 8.65. The van der Waals surface area contributed by atoms with Gasteiger partial charge in [0.05, 0.1) is 6.61 Å². The summed E-state index contributed by atoms with van der Waals surface area (Å²) in [6.45, 7) is 7.57. The predicted molar refractivity (Wildman–Crippen MR) is 120 cm³/mol. The van der Waals surface area contributed by atoms with Crippen LogP contribution in [0.1, 0.15) is 26.2 Å². The molecule has 3 fully saturated rings. The van der Waals surface area contributed by atoms with E-state index in [0.717, 1.165) is 57.1 Å². The van der Waals surface area contributed by atoms with Gasteiger partial charge in [0.2, 0.25) is 0 Å². The Morgan fingerprint density at radius 1 is 1.16 bits per heavy atom. The van der Waals surface area contributed by atoms with Gasteiger partial charge in [0.1, 0.15) is 17.3 Å². The minimum absolute atomic E-state index is 0.175. The van der Waals surface area contributed by atoms with E-state index in [0.29, 0.717) is 18.3 Å². The number of amides is 1. The van der Waals surface area contributed by atoms with Crippen molar-refractivity contribution >= 4 is 11.9 Å². The normalized spacial score (nSPS) is 22.8. The summed E-state index contributed by atoms with van der Waals surface area (Å²) >= 11 is 0. The monoisotopic (exact) mass is 439 g/mol. The van der Waals surface area contributed by atoms with Crippen molar-refractivity contribution in [2.45, 2.75) is 32.2 Å². The van der Waals surface area contributed by atoms with Crippen LogP contribution in [0.3, 0.4) is 0 Å². The fourth-order valence-corrected chi connectivity index (χ4v) is 5.60. The Morgan fingerprint density at radius 3 is 2.66 bits per heavy atom. The molecule has 5 rings (SSSR count). The summed E-state index contributed by atoms with van der Waals surface area (Å²) in [5.74, 6) is 0.478. The third-order valence-corrected chi connectivity index (χ3v) is 7.19. The molecule has 170 valence electrons. The molecule has 0 N–H and O–H groups in total. The van der Waals surface area contributed by atoms with Gasteiger partial charge in [-0.05, 0) is 50.5 Å². The van der Waals surface area contributed by atoms with Gasteiger partial charge in [-0.15, -0.1) is 0 Å². The van der Waals surface area contributed by atoms with Crippen LogP contribution in [0.25, 0.3) is 11.3 Å². The third kappa shape index (κ3) is 3.92. The van der Waals surface area contributed by atoms with Crippen LogP contribution in [0, 0.1) is 11.2 Å². The maximum Gasteiger partial charge on any atom is 0.409 e. The lowest BCUT2D eigenvalue weighted by molar-refractivity contribution is -0.00294. The summed E-state index contributed by atoms with van der Waals surface area (Å²) in [6, 6.07) is 7.34. The molecule has 2 saturated heterocycles. The van der Waals surface area contributed by atoms with Crippen LogP contribution < -0.4 is 4.90 Å². The summed E-state index contributed by atoms with van der Waals surface area (Å²) in [6.07, 6.45) is 6.72. The summed E-state index contributed by atoms with van der Waals surface area (Å²) in [4.78, 5) is 27.4. The number of anilines is 1. The zero-order valence-electron chi connectivity index (χ0n) is 18.5. The molecule has 1 amide bonds. The average Bonchev–Trinajstić information content (AvgIpc) is 3.25. The Morgan fingerprint density at radius 2 is 1.91 bits per heavy atom. The van der Waals surface area contributed by atoms with Gasteiger partial charge >= 0.3 is 6.09 Å². The number of aromatic nitrogens is 2. The number of carbonyl (C=O) groups is 1. The number of rotatable bonds is 4. The number of hydrogen-bond acceptors (Lipinski definition) is 6. The number of nitrogens with zero attached hydrogens (tertiary/aromatic N) is 5. The molecule has 8 heteroatoms. The number of likely N-dealkylation sites (tertiary alicyclic amines) is 1. The summed E-state index contributed by atoms with van der Waals surface area (Å²) in [7, 11) is 0. The number of piperazine rings is 1. The van der Waals surface area contributed by atoms with Gasteiger partial charge in [-0.2, -0.15) is 0 Å². The molecule has 4 heterocycles. The van der Waals surface area contributed by atoms with E-state index < -0.39 is 0 Å². The number of pyridine rings is 2. The Kier molecular flexibility index (Phi) is 5.71. The fourth-order valence-electron chi connectivity index (χ4n) is 5.60. The number of hydrogen-bond donors (Lipinski definition) is 0. The topological polar surface area (TPSA) is 61.8 Å². The first-order valence-electron chi connectivity index (χ1n) is 11.6. The molecule has 3 aliphatic rings. The van der Waals surface area contributed by atoms with E-state index in [1.165, 1.54) is 18.9 Å². The fraction of sp³-hybridized carbons (Fsp3) is 0.542. The van der Waals surface area contributed by atoms with Gasteiger partial charge in [-0.1, -0.05) is 0 Å². The highest BCUT2D eigenvalue weighted by Crippen LogP contribution is 2.47. The van der Waals surface area contributed by atoms with E-state index in [1.807, 2.05) is 24.0 Å². The molecule has 2 aromatic rings. The lowest BCUT2D eigenvalue weighted by Gasteiger charge is -2.48. The third-order valence-electron chi connectivity index (χ3n) is 7.19. The second-order valence-electron chi connectivity index (χ2n) is 9.18. The van der Waals surface area contributed by atoms with Crippen molar-refractivity contribution in [2.75, 3.05) is 50.8 Å². The molecule has 1 spiro atoms. The van der Waals surface area contributed by atoms with E-state index >= 15 is 0 Å². The van der Waals surface area contributed by atoms with Crippen molar-refractivity contribution in [3.05, 3.63) is 42.5 Å². The molecule has 32 heavy (non-hydrogen) atoms. The van der Waals surface area contributed by atoms with Gasteiger partial charge in [-0.3, -0.25) is 9.88 Å². The van der Waals surface area contributed by atoms with E-state index in [2.05, 4.69) is 19.8 Å². The van der Waals surface area contributed by atoms with E-state index in [4.69, 9.17) is 4.74 Å². The number of halogens is 1. The molecule has 0 radical (unpaired) electrons. The number of carbonyl (C=O) groups excluding carboxylic acids is 1. The van der Waals surface area contributed by atoms with E-state index in [9.17, 15) is 9.18 Å². The highest BCUT2D eigenvalue weighted by molar-refractivity contribution is 5.73. The Balaban J connectivity index is 1.20. The first kappa shape index (κ1) is 21.1. The van der Waals surface area contributed by atoms with Crippen LogP contribution in [-0.4, -0.2) is 77.8 Å². The zero-order valence-corrected chi connectivity index (χ0v) is 18.5. The maximum absolute atomic E-state index is 14.4. The summed E-state index contributed by atoms with van der Waals surface area (Å²) < 4.78 is 19.5. The Bertz CT molecular complexity index is 972. The zero-order chi connectivity index (χ0) is 22.1. The molecule has 1 aliphatic carbocycles. The standard InChI is InChI=1S/C24H30FN5O2/c1-2-32-23(31)30-16-24(17-30)8-7-18(15-24)28-11-13-29(14-12-28)22-19(5-3-10-27-22)21-20(25)6-4-9-26-21/h3-6,9-10,18H,2,7-8,11-17H2,1H3. The SMILES string of the molecule is CCOC(=O)N1CC2(CCC(N3CCN(c4ncccc4-c4ncccc4F)CC3)C2)C1. The van der Waals surface area contributed by atoms with E-state index in [-0.39, 0.29) is 17.3 Å². The molecule has 0 bridgehead atoms. The highest BCUT2D eigenvalue weighted by atomic mass is 19.1. The molecule has 1 unspecified atom stereocenters. The Labute approximate surface area is 188 Å². The van der Waals surface area contributed by atoms with Gasteiger partial charge < -0.3 is 14.5 Å². The molecular formula is C24H30FN5O2. The van der Waals surface area contributed by atoms with Crippen molar-refractivity contribution in [2.24, 2.45) is 5.41 Å². The van der Waals surface area contributed by atoms with Gasteiger partial charge in [-0.25, -0.2) is 14.2 Å². The van der Waals surface area contributed by atoms with Gasteiger partial charge in [0.25, 0.3) is 0 Å². The van der Waals surface area contributed by atoms with Gasteiger partial charge in [0, 0.05) is 68.7 Å². The summed E-state index contributed by atoms with van der Waals surface area (Å²) in [5, 5.41) is 0. The van der Waals surface area contributed by atoms with Crippen molar-refractivity contribution in [1.82, 2.24) is 19.8 Å². The minimum atomic E-state index is -0.325. The van der Waals surface area contributed by atoms with Crippen LogP contribution in [0.5, 0.6) is 0 Å². The van der Waals surface area contributed by atoms with Crippen molar-refractivity contribution in [1.29, 1.82) is 0 Å². The highest BCUT2D eigenvalue weighted by Gasteiger charge is 2.51. The largest absolute Gasteiger partial charge is 0.450 e. The van der Waals surface area contributed by atoms with Crippen molar-refractivity contribution in [3.63, 3.8) is 0 Å². The summed E-state index contributed by atoms with van der Waals surface area (Å²) in [5.41, 5.74) is 1.37. The van der Waals surface area contributed by atoms with E-state index in [1.54, 1.807) is 18.5 Å². The molecule has 7 nitrogen and oxygen atoms in total. The molecule has 2 aliphatic heterocycles. The first-order valence-corrected chi connectivity index (χ1v) is 11.6. The maximum atomic E-state index is 14.4. The smallest absolute Gasteiger partial charge is 0.409 e. The van der Waals surface area contributed by atoms with Crippen molar-refractivity contribution < 1.29 is 13.9 Å². The van der Waals surface area contributed by atoms with Crippen molar-refractivity contribution in [3.8, 4) is 11.3 Å². The minimum Gasteiger partial charge on any atom is -0.450 e. The van der Waals surface area contributed by atoms with Gasteiger partial charge in [0.15, 0.2) is 0 Å². The number of ether oxygens (including phenoxy) is 1. The molecule has 2 aromatic heterocycles. The van der Waals surface area contributed by atoms with Crippen LogP contribution in [0.15, 0.2) is 36.7 Å². The molecule has 0 aromatic carbocycles. The second-order valence-corrected chi connectivity index (χ2v) is 9.18. The molecule has 1 saturated carbocycles. The van der Waals surface area contributed by atoms with Crippen LogP contribution in [-0.2, 0) is 4.74 Å². The Hall–Kier alpha value is -2.74. The van der Waals surface area contributed by atoms with Crippen LogP contribution >= 0.6 is 0 Å².